The van der Waals surface area contributed by atoms with Gasteiger partial charge in [-0.15, -0.1) is 0 Å². The summed E-state index contributed by atoms with van der Waals surface area (Å²) in [5.74, 6) is -0.204. The SMILES string of the molecule is NCCN(C(=O)c1ccc(Cl)cc1Cl)c1ccc(-c2ccccc2)cc1. The molecule has 0 atom stereocenters. The molecule has 26 heavy (non-hydrogen) atoms. The van der Waals surface area contributed by atoms with Crippen molar-refractivity contribution >= 4 is 34.8 Å². The lowest BCUT2D eigenvalue weighted by molar-refractivity contribution is 0.0988. The van der Waals surface area contributed by atoms with E-state index in [0.29, 0.717) is 28.7 Å². The molecule has 1 amide bonds. The third kappa shape index (κ3) is 4.07. The lowest BCUT2D eigenvalue weighted by atomic mass is 10.1. The van der Waals surface area contributed by atoms with Crippen molar-refractivity contribution in [2.24, 2.45) is 5.73 Å². The first kappa shape index (κ1) is 18.5. The predicted octanol–water partition coefficient (Wildman–Crippen LogP) is 5.27. The highest BCUT2D eigenvalue weighted by atomic mass is 35.5. The maximum Gasteiger partial charge on any atom is 0.259 e. The molecule has 3 nitrogen and oxygen atoms in total. The topological polar surface area (TPSA) is 46.3 Å². The van der Waals surface area contributed by atoms with Crippen molar-refractivity contribution in [1.29, 1.82) is 0 Å². The van der Waals surface area contributed by atoms with Crippen LogP contribution < -0.4 is 10.6 Å². The van der Waals surface area contributed by atoms with E-state index in [1.807, 2.05) is 54.6 Å². The number of carbonyl (C=O) groups excluding carboxylic acids is 1. The molecule has 0 aliphatic carbocycles. The Kier molecular flexibility index (Phi) is 5.94. The van der Waals surface area contributed by atoms with Gasteiger partial charge in [0.2, 0.25) is 0 Å². The van der Waals surface area contributed by atoms with Crippen LogP contribution in [0.25, 0.3) is 11.1 Å². The molecule has 0 heterocycles. The van der Waals surface area contributed by atoms with Crippen LogP contribution in [0.1, 0.15) is 10.4 Å². The third-order valence-corrected chi connectivity index (χ3v) is 4.59. The van der Waals surface area contributed by atoms with Gasteiger partial charge in [0.05, 0.1) is 10.6 Å². The van der Waals surface area contributed by atoms with Gasteiger partial charge in [-0.25, -0.2) is 0 Å². The molecule has 0 aromatic heterocycles. The molecule has 3 aromatic rings. The summed E-state index contributed by atoms with van der Waals surface area (Å²) in [4.78, 5) is 14.6. The molecule has 0 spiro atoms. The van der Waals surface area contributed by atoms with Crippen molar-refractivity contribution in [3.8, 4) is 11.1 Å². The van der Waals surface area contributed by atoms with Crippen LogP contribution in [0.4, 0.5) is 5.69 Å². The quantitative estimate of drug-likeness (QED) is 0.651. The average Bonchev–Trinajstić information content (AvgIpc) is 2.66. The largest absolute Gasteiger partial charge is 0.329 e. The predicted molar refractivity (Wildman–Crippen MR) is 109 cm³/mol. The molecule has 3 aromatic carbocycles. The summed E-state index contributed by atoms with van der Waals surface area (Å²) in [6.07, 6.45) is 0. The van der Waals surface area contributed by atoms with E-state index in [2.05, 4.69) is 0 Å². The Morgan fingerprint density at radius 2 is 1.54 bits per heavy atom. The van der Waals surface area contributed by atoms with Crippen molar-refractivity contribution in [3.63, 3.8) is 0 Å². The Balaban J connectivity index is 1.91. The lowest BCUT2D eigenvalue weighted by Crippen LogP contribution is -2.35. The van der Waals surface area contributed by atoms with E-state index in [9.17, 15) is 4.79 Å². The zero-order valence-corrected chi connectivity index (χ0v) is 15.5. The number of nitrogens with two attached hydrogens (primary N) is 1. The molecule has 132 valence electrons. The summed E-state index contributed by atoms with van der Waals surface area (Å²) in [6.45, 7) is 0.736. The van der Waals surface area contributed by atoms with Crippen molar-refractivity contribution in [3.05, 3.63) is 88.4 Å². The van der Waals surface area contributed by atoms with Crippen molar-refractivity contribution < 1.29 is 4.79 Å². The van der Waals surface area contributed by atoms with Gasteiger partial charge in [-0.3, -0.25) is 4.79 Å². The highest BCUT2D eigenvalue weighted by Gasteiger charge is 2.19. The van der Waals surface area contributed by atoms with Crippen LogP contribution in [0, 0.1) is 0 Å². The average molecular weight is 385 g/mol. The number of anilines is 1. The number of amides is 1. The van der Waals surface area contributed by atoms with Crippen LogP contribution in [0.5, 0.6) is 0 Å². The molecule has 5 heteroatoms. The Hall–Kier alpha value is -2.33. The van der Waals surface area contributed by atoms with E-state index < -0.39 is 0 Å². The zero-order valence-electron chi connectivity index (χ0n) is 14.0. The molecule has 0 aliphatic rings. The van der Waals surface area contributed by atoms with Gasteiger partial charge in [0.25, 0.3) is 5.91 Å². The number of nitrogens with zero attached hydrogens (tertiary/aromatic N) is 1. The molecule has 3 rings (SSSR count). The highest BCUT2D eigenvalue weighted by Crippen LogP contribution is 2.27. The van der Waals surface area contributed by atoms with Crippen LogP contribution in [0.15, 0.2) is 72.8 Å². The van der Waals surface area contributed by atoms with Gasteiger partial charge in [-0.1, -0.05) is 65.7 Å². The first-order valence-electron chi connectivity index (χ1n) is 8.22. The van der Waals surface area contributed by atoms with Crippen LogP contribution in [0.3, 0.4) is 0 Å². The number of halogens is 2. The van der Waals surface area contributed by atoms with Crippen LogP contribution in [0.2, 0.25) is 10.0 Å². The number of benzene rings is 3. The molecule has 0 saturated carbocycles. The van der Waals surface area contributed by atoms with Crippen molar-refractivity contribution in [2.45, 2.75) is 0 Å². The molecular weight excluding hydrogens is 367 g/mol. The Morgan fingerprint density at radius 1 is 0.885 bits per heavy atom. The Bertz CT molecular complexity index is 896. The van der Waals surface area contributed by atoms with Gasteiger partial charge in [0.1, 0.15) is 0 Å². The van der Waals surface area contributed by atoms with E-state index >= 15 is 0 Å². The number of hydrogen-bond acceptors (Lipinski definition) is 2. The molecule has 0 aliphatic heterocycles. The van der Waals surface area contributed by atoms with E-state index in [4.69, 9.17) is 28.9 Å². The second-order valence-corrected chi connectivity index (χ2v) is 6.63. The molecule has 0 fully saturated rings. The second-order valence-electron chi connectivity index (χ2n) is 5.78. The smallest absolute Gasteiger partial charge is 0.259 e. The van der Waals surface area contributed by atoms with Gasteiger partial charge in [0, 0.05) is 23.8 Å². The zero-order chi connectivity index (χ0) is 18.5. The minimum atomic E-state index is -0.204. The van der Waals surface area contributed by atoms with Crippen LogP contribution in [-0.4, -0.2) is 19.0 Å². The summed E-state index contributed by atoms with van der Waals surface area (Å²) in [5, 5.41) is 0.814. The van der Waals surface area contributed by atoms with Gasteiger partial charge in [0.15, 0.2) is 0 Å². The highest BCUT2D eigenvalue weighted by molar-refractivity contribution is 6.37. The fourth-order valence-corrected chi connectivity index (χ4v) is 3.24. The molecule has 0 radical (unpaired) electrons. The number of hydrogen-bond donors (Lipinski definition) is 1. The van der Waals surface area contributed by atoms with Crippen molar-refractivity contribution in [1.82, 2.24) is 0 Å². The molecule has 2 N–H and O–H groups in total. The summed E-state index contributed by atoms with van der Waals surface area (Å²) in [7, 11) is 0. The number of carbonyl (C=O) groups is 1. The minimum Gasteiger partial charge on any atom is -0.329 e. The van der Waals surface area contributed by atoms with E-state index in [1.54, 1.807) is 23.1 Å². The summed E-state index contributed by atoms with van der Waals surface area (Å²) >= 11 is 12.1. The Morgan fingerprint density at radius 3 is 2.15 bits per heavy atom. The maximum absolute atomic E-state index is 13.0. The van der Waals surface area contributed by atoms with E-state index in [1.165, 1.54) is 0 Å². The second kappa shape index (κ2) is 8.37. The first-order valence-corrected chi connectivity index (χ1v) is 8.98. The van der Waals surface area contributed by atoms with Gasteiger partial charge >= 0.3 is 0 Å². The molecular formula is C21H18Cl2N2O. The maximum atomic E-state index is 13.0. The number of rotatable bonds is 5. The fourth-order valence-electron chi connectivity index (χ4n) is 2.75. The molecule has 0 saturated heterocycles. The van der Waals surface area contributed by atoms with E-state index in [0.717, 1.165) is 16.8 Å². The molecule has 0 unspecified atom stereocenters. The standard InChI is InChI=1S/C21H18Cl2N2O/c22-17-8-11-19(20(23)14-17)21(26)25(13-12-24)18-9-6-16(7-10-18)15-4-2-1-3-5-15/h1-11,14H,12-13,24H2. The van der Waals surface area contributed by atoms with Gasteiger partial charge in [-0.05, 0) is 41.5 Å². The van der Waals surface area contributed by atoms with E-state index in [-0.39, 0.29) is 5.91 Å². The minimum absolute atomic E-state index is 0.204. The summed E-state index contributed by atoms with van der Waals surface area (Å²) < 4.78 is 0. The normalized spacial score (nSPS) is 10.6. The fraction of sp³-hybridized carbons (Fsp3) is 0.0952. The van der Waals surface area contributed by atoms with Gasteiger partial charge < -0.3 is 10.6 Å². The summed E-state index contributed by atoms with van der Waals surface area (Å²) in [6, 6.07) is 22.7. The first-order chi connectivity index (χ1) is 12.6. The lowest BCUT2D eigenvalue weighted by Gasteiger charge is -2.23. The molecule has 0 bridgehead atoms. The summed E-state index contributed by atoms with van der Waals surface area (Å²) in [5.41, 5.74) is 9.09. The van der Waals surface area contributed by atoms with Crippen molar-refractivity contribution in [2.75, 3.05) is 18.0 Å². The van der Waals surface area contributed by atoms with Crippen LogP contribution in [-0.2, 0) is 0 Å². The third-order valence-electron chi connectivity index (χ3n) is 4.05. The van der Waals surface area contributed by atoms with Gasteiger partial charge in [-0.2, -0.15) is 0 Å². The Labute approximate surface area is 163 Å². The monoisotopic (exact) mass is 384 g/mol. The van der Waals surface area contributed by atoms with Crippen LogP contribution >= 0.6 is 23.2 Å².